The molecule has 116 valence electrons. The molecule has 1 aromatic rings. The fourth-order valence-electron chi connectivity index (χ4n) is 3.37. The van der Waals surface area contributed by atoms with Gasteiger partial charge in [0, 0.05) is 36.4 Å². The molecule has 3 rings (SSSR count). The van der Waals surface area contributed by atoms with Crippen LogP contribution in [0.5, 0.6) is 0 Å². The largest absolute Gasteiger partial charge is 0.351 e. The summed E-state index contributed by atoms with van der Waals surface area (Å²) in [7, 11) is 0. The second-order valence-corrected chi connectivity index (χ2v) is 6.65. The lowest BCUT2D eigenvalue weighted by Crippen LogP contribution is -2.39. The van der Waals surface area contributed by atoms with Gasteiger partial charge in [0.25, 0.3) is 0 Å². The molecule has 2 heterocycles. The monoisotopic (exact) mass is 288 g/mol. The van der Waals surface area contributed by atoms with E-state index in [4.69, 9.17) is 4.98 Å². The minimum atomic E-state index is 0.536. The molecule has 0 aromatic carbocycles. The van der Waals surface area contributed by atoms with Crippen molar-refractivity contribution in [3.63, 3.8) is 0 Å². The van der Waals surface area contributed by atoms with Crippen molar-refractivity contribution >= 4 is 5.95 Å². The molecule has 0 unspecified atom stereocenters. The molecule has 1 aliphatic carbocycles. The standard InChI is InChI=1S/C17H28N4/c1-3-9-21-10-7-15(8-11-21)19-17-18-13(2)12-16(20-17)14-5-4-6-14/h12,14-15H,3-11H2,1-2H3,(H,18,19,20). The number of aryl methyl sites for hydroxylation is 1. The van der Waals surface area contributed by atoms with Crippen LogP contribution < -0.4 is 5.32 Å². The predicted molar refractivity (Wildman–Crippen MR) is 86.7 cm³/mol. The number of aromatic nitrogens is 2. The van der Waals surface area contributed by atoms with Gasteiger partial charge >= 0.3 is 0 Å². The Hall–Kier alpha value is -1.16. The summed E-state index contributed by atoms with van der Waals surface area (Å²) in [5, 5.41) is 3.58. The summed E-state index contributed by atoms with van der Waals surface area (Å²) in [4.78, 5) is 11.9. The third-order valence-electron chi connectivity index (χ3n) is 4.86. The summed E-state index contributed by atoms with van der Waals surface area (Å²) in [5.74, 6) is 1.53. The lowest BCUT2D eigenvalue weighted by atomic mass is 9.83. The molecule has 2 aliphatic rings. The number of hydrogen-bond donors (Lipinski definition) is 1. The van der Waals surface area contributed by atoms with Crippen molar-refractivity contribution in [2.24, 2.45) is 0 Å². The van der Waals surface area contributed by atoms with Crippen molar-refractivity contribution in [2.75, 3.05) is 25.0 Å². The molecule has 1 saturated heterocycles. The number of rotatable bonds is 5. The zero-order valence-electron chi connectivity index (χ0n) is 13.4. The van der Waals surface area contributed by atoms with Crippen LogP contribution in [0.25, 0.3) is 0 Å². The van der Waals surface area contributed by atoms with Crippen LogP contribution in [0.3, 0.4) is 0 Å². The quantitative estimate of drug-likeness (QED) is 0.902. The van der Waals surface area contributed by atoms with Crippen LogP contribution in [0.15, 0.2) is 6.07 Å². The molecule has 4 heteroatoms. The van der Waals surface area contributed by atoms with Crippen molar-refractivity contribution in [1.29, 1.82) is 0 Å². The summed E-state index contributed by atoms with van der Waals surface area (Å²) in [6, 6.07) is 2.70. The molecule has 1 aliphatic heterocycles. The molecule has 0 spiro atoms. The Morgan fingerprint density at radius 1 is 1.19 bits per heavy atom. The second-order valence-electron chi connectivity index (χ2n) is 6.65. The summed E-state index contributed by atoms with van der Waals surface area (Å²) in [5.41, 5.74) is 2.34. The van der Waals surface area contributed by atoms with E-state index in [1.807, 2.05) is 0 Å². The Bertz CT molecular complexity index is 462. The maximum atomic E-state index is 4.77. The first-order chi connectivity index (χ1) is 10.2. The van der Waals surface area contributed by atoms with E-state index in [0.29, 0.717) is 12.0 Å². The number of nitrogens with one attached hydrogen (secondary N) is 1. The van der Waals surface area contributed by atoms with E-state index >= 15 is 0 Å². The zero-order valence-corrected chi connectivity index (χ0v) is 13.4. The molecule has 0 amide bonds. The van der Waals surface area contributed by atoms with Gasteiger partial charge in [-0.15, -0.1) is 0 Å². The Kier molecular flexibility index (Phi) is 4.73. The highest BCUT2D eigenvalue weighted by atomic mass is 15.2. The highest BCUT2D eigenvalue weighted by Crippen LogP contribution is 2.35. The maximum absolute atomic E-state index is 4.77. The van der Waals surface area contributed by atoms with Crippen molar-refractivity contribution < 1.29 is 0 Å². The van der Waals surface area contributed by atoms with Crippen LogP contribution in [0.2, 0.25) is 0 Å². The van der Waals surface area contributed by atoms with Gasteiger partial charge in [-0.2, -0.15) is 0 Å². The lowest BCUT2D eigenvalue weighted by molar-refractivity contribution is 0.219. The molecular weight excluding hydrogens is 260 g/mol. The Labute approximate surface area is 128 Å². The highest BCUT2D eigenvalue weighted by Gasteiger charge is 2.23. The molecule has 4 nitrogen and oxygen atoms in total. The third kappa shape index (κ3) is 3.73. The first kappa shape index (κ1) is 14.8. The normalized spacial score (nSPS) is 21.2. The number of piperidine rings is 1. The Morgan fingerprint density at radius 2 is 1.95 bits per heavy atom. The van der Waals surface area contributed by atoms with Crippen LogP contribution in [0.1, 0.15) is 62.8 Å². The van der Waals surface area contributed by atoms with Crippen LogP contribution >= 0.6 is 0 Å². The van der Waals surface area contributed by atoms with Crippen molar-refractivity contribution in [1.82, 2.24) is 14.9 Å². The van der Waals surface area contributed by atoms with E-state index in [1.165, 1.54) is 63.9 Å². The number of likely N-dealkylation sites (tertiary alicyclic amines) is 1. The Balaban J connectivity index is 1.59. The molecule has 0 atom stereocenters. The van der Waals surface area contributed by atoms with Gasteiger partial charge in [-0.25, -0.2) is 9.97 Å². The van der Waals surface area contributed by atoms with Crippen LogP contribution in [0, 0.1) is 6.92 Å². The van der Waals surface area contributed by atoms with E-state index in [2.05, 4.69) is 35.1 Å². The van der Waals surface area contributed by atoms with Crippen LogP contribution in [-0.2, 0) is 0 Å². The van der Waals surface area contributed by atoms with Gasteiger partial charge < -0.3 is 10.2 Å². The van der Waals surface area contributed by atoms with Crippen LogP contribution in [0.4, 0.5) is 5.95 Å². The minimum Gasteiger partial charge on any atom is -0.351 e. The summed E-state index contributed by atoms with van der Waals surface area (Å²) >= 11 is 0. The minimum absolute atomic E-state index is 0.536. The molecule has 0 bridgehead atoms. The summed E-state index contributed by atoms with van der Waals surface area (Å²) in [6.07, 6.45) is 7.61. The molecule has 1 saturated carbocycles. The lowest BCUT2D eigenvalue weighted by Gasteiger charge is -2.32. The van der Waals surface area contributed by atoms with Gasteiger partial charge in [0.15, 0.2) is 0 Å². The molecular formula is C17H28N4. The fourth-order valence-corrected chi connectivity index (χ4v) is 3.37. The van der Waals surface area contributed by atoms with E-state index < -0.39 is 0 Å². The van der Waals surface area contributed by atoms with Crippen molar-refractivity contribution in [3.8, 4) is 0 Å². The summed E-state index contributed by atoms with van der Waals surface area (Å²) in [6.45, 7) is 7.98. The van der Waals surface area contributed by atoms with Crippen molar-refractivity contribution in [2.45, 2.75) is 64.3 Å². The average Bonchev–Trinajstić information content (AvgIpc) is 2.39. The van der Waals surface area contributed by atoms with Gasteiger partial charge in [-0.1, -0.05) is 13.3 Å². The van der Waals surface area contributed by atoms with Crippen molar-refractivity contribution in [3.05, 3.63) is 17.5 Å². The number of nitrogens with zero attached hydrogens (tertiary/aromatic N) is 3. The maximum Gasteiger partial charge on any atom is 0.223 e. The topological polar surface area (TPSA) is 41.0 Å². The van der Waals surface area contributed by atoms with Gasteiger partial charge in [0.2, 0.25) is 5.95 Å². The zero-order chi connectivity index (χ0) is 14.7. The van der Waals surface area contributed by atoms with Gasteiger partial charge in [0.05, 0.1) is 0 Å². The van der Waals surface area contributed by atoms with E-state index in [-0.39, 0.29) is 0 Å². The van der Waals surface area contributed by atoms with Gasteiger partial charge in [0.1, 0.15) is 0 Å². The van der Waals surface area contributed by atoms with Gasteiger partial charge in [-0.05, 0) is 51.6 Å². The SMILES string of the molecule is CCCN1CCC(Nc2nc(C)cc(C3CCC3)n2)CC1. The number of hydrogen-bond acceptors (Lipinski definition) is 4. The predicted octanol–water partition coefficient (Wildman–Crippen LogP) is 3.34. The highest BCUT2D eigenvalue weighted by molar-refractivity contribution is 5.31. The van der Waals surface area contributed by atoms with Crippen LogP contribution in [-0.4, -0.2) is 40.5 Å². The molecule has 1 aromatic heterocycles. The first-order valence-corrected chi connectivity index (χ1v) is 8.59. The molecule has 0 radical (unpaired) electrons. The average molecular weight is 288 g/mol. The van der Waals surface area contributed by atoms with E-state index in [9.17, 15) is 0 Å². The Morgan fingerprint density at radius 3 is 2.57 bits per heavy atom. The number of anilines is 1. The van der Waals surface area contributed by atoms with Gasteiger partial charge in [-0.3, -0.25) is 0 Å². The molecule has 2 fully saturated rings. The third-order valence-corrected chi connectivity index (χ3v) is 4.86. The van der Waals surface area contributed by atoms with E-state index in [1.54, 1.807) is 0 Å². The molecule has 1 N–H and O–H groups in total. The smallest absolute Gasteiger partial charge is 0.223 e. The van der Waals surface area contributed by atoms with E-state index in [0.717, 1.165) is 11.6 Å². The fraction of sp³-hybridized carbons (Fsp3) is 0.765. The molecule has 21 heavy (non-hydrogen) atoms. The second kappa shape index (κ2) is 6.73. The first-order valence-electron chi connectivity index (χ1n) is 8.59. The summed E-state index contributed by atoms with van der Waals surface area (Å²) < 4.78 is 0.